The number of benzene rings is 1. The van der Waals surface area contributed by atoms with E-state index >= 15 is 0 Å². The number of nitrogens with zero attached hydrogens (tertiary/aromatic N) is 1. The molecule has 8 nitrogen and oxygen atoms in total. The fourth-order valence-electron chi connectivity index (χ4n) is 3.13. The Morgan fingerprint density at radius 3 is 2.58 bits per heavy atom. The molecule has 1 unspecified atom stereocenters. The summed E-state index contributed by atoms with van der Waals surface area (Å²) in [6.07, 6.45) is 2.78. The van der Waals surface area contributed by atoms with Crippen molar-refractivity contribution in [3.8, 4) is 11.5 Å². The molecule has 1 fully saturated rings. The summed E-state index contributed by atoms with van der Waals surface area (Å²) < 4.78 is 36.3. The number of carbonyl (C=O) groups is 1. The van der Waals surface area contributed by atoms with Crippen LogP contribution in [0.1, 0.15) is 30.1 Å². The van der Waals surface area contributed by atoms with Gasteiger partial charge in [-0.3, -0.25) is 9.52 Å². The third-order valence-electron chi connectivity index (χ3n) is 4.22. The molecule has 0 radical (unpaired) electrons. The molecule has 2 N–H and O–H groups in total. The molecule has 1 amide bonds. The fourth-order valence-corrected chi connectivity index (χ4v) is 3.68. The van der Waals surface area contributed by atoms with Crippen LogP contribution in [0.4, 0.5) is 5.69 Å². The average Bonchev–Trinajstić information content (AvgIpc) is 3.11. The maximum Gasteiger partial charge on any atom is 0.254 e. The number of anilines is 1. The summed E-state index contributed by atoms with van der Waals surface area (Å²) in [6, 6.07) is 3.21. The molecule has 0 spiro atoms. The van der Waals surface area contributed by atoms with Crippen molar-refractivity contribution in [2.75, 3.05) is 44.8 Å². The van der Waals surface area contributed by atoms with Crippen LogP contribution in [0.5, 0.6) is 11.5 Å². The third-order valence-corrected chi connectivity index (χ3v) is 4.81. The van der Waals surface area contributed by atoms with Crippen molar-refractivity contribution in [1.82, 2.24) is 10.2 Å². The predicted molar refractivity (Wildman–Crippen MR) is 101 cm³/mol. The molecule has 9 heteroatoms. The van der Waals surface area contributed by atoms with Crippen molar-refractivity contribution >= 4 is 21.6 Å². The van der Waals surface area contributed by atoms with Gasteiger partial charge in [0.25, 0.3) is 5.91 Å². The summed E-state index contributed by atoms with van der Waals surface area (Å²) in [4.78, 5) is 15.0. The maximum atomic E-state index is 13.1. The zero-order valence-electron chi connectivity index (χ0n) is 15.7. The van der Waals surface area contributed by atoms with Crippen LogP contribution in [-0.2, 0) is 10.0 Å². The van der Waals surface area contributed by atoms with Gasteiger partial charge in [-0.1, -0.05) is 6.92 Å². The Kier molecular flexibility index (Phi) is 6.71. The molecule has 2 rings (SSSR count). The molecule has 0 saturated carbocycles. The Morgan fingerprint density at radius 2 is 2.08 bits per heavy atom. The van der Waals surface area contributed by atoms with Crippen LogP contribution in [0.2, 0.25) is 0 Å². The van der Waals surface area contributed by atoms with Gasteiger partial charge in [0.1, 0.15) is 0 Å². The zero-order chi connectivity index (χ0) is 19.3. The van der Waals surface area contributed by atoms with Crippen molar-refractivity contribution in [2.24, 2.45) is 0 Å². The molecule has 1 heterocycles. The summed E-state index contributed by atoms with van der Waals surface area (Å²) in [7, 11) is -0.681. The van der Waals surface area contributed by atoms with Gasteiger partial charge in [0.05, 0.1) is 26.2 Å². The number of rotatable bonds is 8. The first-order valence-electron chi connectivity index (χ1n) is 8.56. The second-order valence-electron chi connectivity index (χ2n) is 6.28. The van der Waals surface area contributed by atoms with E-state index in [0.717, 1.165) is 32.2 Å². The normalized spacial score (nSPS) is 17.0. The lowest BCUT2D eigenvalue weighted by molar-refractivity contribution is 0.0692. The number of hydrogen-bond donors (Lipinski definition) is 2. The molecular formula is C17H27N3O5S. The van der Waals surface area contributed by atoms with E-state index in [-0.39, 0.29) is 23.4 Å². The van der Waals surface area contributed by atoms with E-state index in [1.165, 1.54) is 20.3 Å². The van der Waals surface area contributed by atoms with E-state index in [9.17, 15) is 13.2 Å². The zero-order valence-corrected chi connectivity index (χ0v) is 16.5. The van der Waals surface area contributed by atoms with E-state index in [0.29, 0.717) is 17.9 Å². The van der Waals surface area contributed by atoms with Gasteiger partial charge in [0, 0.05) is 24.7 Å². The average molecular weight is 385 g/mol. The number of sulfonamides is 1. The van der Waals surface area contributed by atoms with Crippen LogP contribution >= 0.6 is 0 Å². The van der Waals surface area contributed by atoms with Crippen molar-refractivity contribution in [2.45, 2.75) is 25.8 Å². The first-order valence-corrected chi connectivity index (χ1v) is 10.4. The lowest BCUT2D eigenvalue weighted by atomic mass is 10.1. The monoisotopic (exact) mass is 385 g/mol. The van der Waals surface area contributed by atoms with Crippen molar-refractivity contribution in [1.29, 1.82) is 0 Å². The number of hydrogen-bond acceptors (Lipinski definition) is 6. The van der Waals surface area contributed by atoms with Gasteiger partial charge in [-0.15, -0.1) is 0 Å². The molecule has 1 aliphatic heterocycles. The molecule has 1 saturated heterocycles. The smallest absolute Gasteiger partial charge is 0.254 e. The van der Waals surface area contributed by atoms with Gasteiger partial charge in [-0.05, 0) is 31.5 Å². The van der Waals surface area contributed by atoms with Crippen molar-refractivity contribution < 1.29 is 22.7 Å². The first kappa shape index (κ1) is 20.3. The lowest BCUT2D eigenvalue weighted by Gasteiger charge is -2.29. The standard InChI is InChI=1S/C17H27N3O5S/c1-5-8-20(13-6-7-18-11-13)17(21)12-9-14(19-26(4,22)23)16(25-3)15(10-12)24-2/h9-10,13,18-19H,5-8,11H2,1-4H3. The Bertz CT molecular complexity index is 745. The lowest BCUT2D eigenvalue weighted by Crippen LogP contribution is -2.42. The Balaban J connectivity index is 2.45. The quantitative estimate of drug-likeness (QED) is 0.700. The van der Waals surface area contributed by atoms with Crippen molar-refractivity contribution in [3.05, 3.63) is 17.7 Å². The van der Waals surface area contributed by atoms with Gasteiger partial charge in [0.2, 0.25) is 10.0 Å². The van der Waals surface area contributed by atoms with Crippen LogP contribution in [-0.4, -0.2) is 65.4 Å². The summed E-state index contributed by atoms with van der Waals surface area (Å²) in [5.74, 6) is 0.377. The highest BCUT2D eigenvalue weighted by atomic mass is 32.2. The summed E-state index contributed by atoms with van der Waals surface area (Å²) in [5.41, 5.74) is 0.535. The number of amides is 1. The second kappa shape index (κ2) is 8.59. The molecule has 1 aliphatic rings. The molecule has 0 aromatic heterocycles. The van der Waals surface area contributed by atoms with Crippen LogP contribution in [0.25, 0.3) is 0 Å². The molecule has 1 aromatic rings. The summed E-state index contributed by atoms with van der Waals surface area (Å²) in [6.45, 7) is 4.29. The maximum absolute atomic E-state index is 13.1. The fraction of sp³-hybridized carbons (Fsp3) is 0.588. The Labute approximate surface area is 154 Å². The third kappa shape index (κ3) is 4.79. The first-order chi connectivity index (χ1) is 12.3. The molecular weight excluding hydrogens is 358 g/mol. The van der Waals surface area contributed by atoms with Crippen LogP contribution < -0.4 is 19.5 Å². The minimum absolute atomic E-state index is 0.127. The molecule has 26 heavy (non-hydrogen) atoms. The van der Waals surface area contributed by atoms with Gasteiger partial charge in [-0.2, -0.15) is 0 Å². The summed E-state index contributed by atoms with van der Waals surface area (Å²) >= 11 is 0. The highest BCUT2D eigenvalue weighted by Crippen LogP contribution is 2.37. The second-order valence-corrected chi connectivity index (χ2v) is 8.03. The van der Waals surface area contributed by atoms with E-state index < -0.39 is 10.0 Å². The van der Waals surface area contributed by atoms with Crippen LogP contribution in [0.15, 0.2) is 12.1 Å². The van der Waals surface area contributed by atoms with E-state index in [2.05, 4.69) is 10.0 Å². The highest BCUT2D eigenvalue weighted by molar-refractivity contribution is 7.92. The number of methoxy groups -OCH3 is 2. The molecule has 0 bridgehead atoms. The SMILES string of the molecule is CCCN(C(=O)c1cc(NS(C)(=O)=O)c(OC)c(OC)c1)C1CCNC1. The molecule has 0 aliphatic carbocycles. The topological polar surface area (TPSA) is 97.0 Å². The Hall–Kier alpha value is -2.00. The van der Waals surface area contributed by atoms with E-state index in [1.54, 1.807) is 6.07 Å². The largest absolute Gasteiger partial charge is 0.493 e. The summed E-state index contributed by atoms with van der Waals surface area (Å²) in [5, 5.41) is 3.27. The highest BCUT2D eigenvalue weighted by Gasteiger charge is 2.28. The van der Waals surface area contributed by atoms with Crippen LogP contribution in [0, 0.1) is 0 Å². The molecule has 1 atom stereocenters. The van der Waals surface area contributed by atoms with Gasteiger partial charge in [0.15, 0.2) is 11.5 Å². The van der Waals surface area contributed by atoms with Crippen LogP contribution in [0.3, 0.4) is 0 Å². The minimum atomic E-state index is -3.54. The van der Waals surface area contributed by atoms with Gasteiger partial charge in [-0.25, -0.2) is 8.42 Å². The van der Waals surface area contributed by atoms with E-state index in [4.69, 9.17) is 9.47 Å². The number of carbonyl (C=O) groups excluding carboxylic acids is 1. The molecule has 1 aromatic carbocycles. The predicted octanol–water partition coefficient (Wildman–Crippen LogP) is 1.29. The van der Waals surface area contributed by atoms with Gasteiger partial charge < -0.3 is 19.7 Å². The number of ether oxygens (including phenoxy) is 2. The van der Waals surface area contributed by atoms with E-state index in [1.807, 2.05) is 11.8 Å². The Morgan fingerprint density at radius 1 is 1.35 bits per heavy atom. The number of nitrogens with one attached hydrogen (secondary N) is 2. The van der Waals surface area contributed by atoms with Gasteiger partial charge >= 0.3 is 0 Å². The van der Waals surface area contributed by atoms with Crippen molar-refractivity contribution in [3.63, 3.8) is 0 Å². The minimum Gasteiger partial charge on any atom is -0.493 e. The molecule has 146 valence electrons.